The van der Waals surface area contributed by atoms with Gasteiger partial charge in [-0.05, 0) is 42.7 Å². The Hall–Kier alpha value is -2.47. The van der Waals surface area contributed by atoms with Crippen LogP contribution in [0.25, 0.3) is 0 Å². The molecule has 0 heterocycles. The maximum atomic E-state index is 13.1. The lowest BCUT2D eigenvalue weighted by atomic mass is 10.1. The highest BCUT2D eigenvalue weighted by molar-refractivity contribution is 5.97. The summed E-state index contributed by atoms with van der Waals surface area (Å²) >= 11 is 0. The molecule has 1 unspecified atom stereocenters. The molecular formula is C18H17F2NO3. The molecule has 3 rings (SSSR count). The molecule has 1 amide bonds. The van der Waals surface area contributed by atoms with Crippen molar-refractivity contribution < 1.29 is 23.8 Å². The van der Waals surface area contributed by atoms with Gasteiger partial charge in [0.2, 0.25) is 0 Å². The van der Waals surface area contributed by atoms with Gasteiger partial charge >= 0.3 is 0 Å². The van der Waals surface area contributed by atoms with Crippen molar-refractivity contribution >= 4 is 5.91 Å². The van der Waals surface area contributed by atoms with Gasteiger partial charge in [0.05, 0.1) is 18.2 Å². The van der Waals surface area contributed by atoms with E-state index in [0.29, 0.717) is 5.56 Å². The molecule has 1 atom stereocenters. The Balaban J connectivity index is 1.79. The average Bonchev–Trinajstić information content (AvgIpc) is 3.37. The number of amides is 1. The molecule has 0 aromatic heterocycles. The van der Waals surface area contributed by atoms with Crippen LogP contribution in [0, 0.1) is 11.6 Å². The molecule has 0 radical (unpaired) electrons. The highest BCUT2D eigenvalue weighted by atomic mass is 19.1. The lowest BCUT2D eigenvalue weighted by Gasteiger charge is -2.26. The smallest absolute Gasteiger partial charge is 0.257 e. The summed E-state index contributed by atoms with van der Waals surface area (Å²) in [6.07, 6.45) is 0.644. The highest BCUT2D eigenvalue weighted by Gasteiger charge is 2.35. The van der Waals surface area contributed by atoms with Gasteiger partial charge in [-0.1, -0.05) is 12.1 Å². The first-order valence-corrected chi connectivity index (χ1v) is 7.68. The number of carbonyl (C=O) groups excluding carboxylic acids is 1. The predicted octanol–water partition coefficient (Wildman–Crippen LogP) is 3.01. The van der Waals surface area contributed by atoms with Crippen molar-refractivity contribution in [3.8, 4) is 5.75 Å². The Morgan fingerprint density at radius 3 is 2.33 bits per heavy atom. The van der Waals surface area contributed by atoms with Gasteiger partial charge in [0.25, 0.3) is 5.91 Å². The molecule has 1 aliphatic carbocycles. The van der Waals surface area contributed by atoms with Gasteiger partial charge in [0.15, 0.2) is 0 Å². The van der Waals surface area contributed by atoms with Crippen LogP contribution >= 0.6 is 0 Å². The maximum absolute atomic E-state index is 13.1. The molecule has 126 valence electrons. The molecule has 2 N–H and O–H groups in total. The van der Waals surface area contributed by atoms with Crippen molar-refractivity contribution in [1.29, 1.82) is 0 Å². The van der Waals surface area contributed by atoms with Gasteiger partial charge in [-0.3, -0.25) is 4.79 Å². The first-order chi connectivity index (χ1) is 11.5. The number of rotatable bonds is 5. The van der Waals surface area contributed by atoms with Crippen molar-refractivity contribution in [2.45, 2.75) is 25.0 Å². The molecule has 4 nitrogen and oxygen atoms in total. The van der Waals surface area contributed by atoms with Crippen LogP contribution in [0.2, 0.25) is 0 Å². The van der Waals surface area contributed by atoms with E-state index in [1.807, 2.05) is 0 Å². The summed E-state index contributed by atoms with van der Waals surface area (Å²) in [4.78, 5) is 14.1. The molecule has 0 spiro atoms. The fraction of sp³-hybridized carbons (Fsp3) is 0.278. The number of aliphatic hydroxyl groups is 1. The Kier molecular flexibility index (Phi) is 4.49. The number of benzene rings is 2. The molecule has 0 aliphatic heterocycles. The third-order valence-corrected chi connectivity index (χ3v) is 4.06. The van der Waals surface area contributed by atoms with Crippen LogP contribution in [0.1, 0.15) is 34.9 Å². The molecule has 1 fully saturated rings. The number of phenolic OH excluding ortho intramolecular Hbond substituents is 1. The Bertz CT molecular complexity index is 744. The molecular weight excluding hydrogens is 316 g/mol. The number of hydrogen-bond acceptors (Lipinski definition) is 3. The average molecular weight is 333 g/mol. The van der Waals surface area contributed by atoms with Crippen LogP contribution in [0.3, 0.4) is 0 Å². The summed E-state index contributed by atoms with van der Waals surface area (Å²) in [5.41, 5.74) is 0.493. The van der Waals surface area contributed by atoms with Gasteiger partial charge in [-0.2, -0.15) is 0 Å². The molecule has 24 heavy (non-hydrogen) atoms. The first kappa shape index (κ1) is 16.4. The summed E-state index contributed by atoms with van der Waals surface area (Å²) in [6.45, 7) is 0.0198. The van der Waals surface area contributed by atoms with E-state index in [4.69, 9.17) is 0 Å². The van der Waals surface area contributed by atoms with E-state index >= 15 is 0 Å². The van der Waals surface area contributed by atoms with Gasteiger partial charge in [-0.15, -0.1) is 0 Å². The number of aliphatic hydroxyl groups excluding tert-OH is 1. The summed E-state index contributed by atoms with van der Waals surface area (Å²) in [5.74, 6) is -1.93. The molecule has 0 bridgehead atoms. The van der Waals surface area contributed by atoms with Crippen LogP contribution in [0.4, 0.5) is 8.78 Å². The molecule has 1 aliphatic rings. The minimum Gasteiger partial charge on any atom is -0.507 e. The zero-order valence-corrected chi connectivity index (χ0v) is 12.8. The number of halogens is 2. The fourth-order valence-electron chi connectivity index (χ4n) is 2.60. The van der Waals surface area contributed by atoms with Gasteiger partial charge in [0, 0.05) is 12.1 Å². The predicted molar refractivity (Wildman–Crippen MR) is 83.5 cm³/mol. The van der Waals surface area contributed by atoms with Gasteiger partial charge in [0.1, 0.15) is 17.4 Å². The Labute approximate surface area is 138 Å². The third kappa shape index (κ3) is 3.54. The van der Waals surface area contributed by atoms with Crippen LogP contribution in [-0.4, -0.2) is 33.6 Å². The summed E-state index contributed by atoms with van der Waals surface area (Å²) in [6, 6.07) is 8.62. The zero-order chi connectivity index (χ0) is 17.3. The second-order valence-electron chi connectivity index (χ2n) is 5.92. The van der Waals surface area contributed by atoms with E-state index in [2.05, 4.69) is 0 Å². The third-order valence-electron chi connectivity index (χ3n) is 4.06. The molecule has 2 aromatic rings. The van der Waals surface area contributed by atoms with Crippen LogP contribution in [-0.2, 0) is 0 Å². The molecule has 2 aromatic carbocycles. The summed E-state index contributed by atoms with van der Waals surface area (Å²) in [7, 11) is 0. The number of nitrogens with zero attached hydrogens (tertiary/aromatic N) is 1. The largest absolute Gasteiger partial charge is 0.507 e. The fourth-order valence-corrected chi connectivity index (χ4v) is 2.60. The second kappa shape index (κ2) is 6.57. The molecule has 0 saturated heterocycles. The summed E-state index contributed by atoms with van der Waals surface area (Å²) in [5, 5.41) is 20.1. The number of phenols is 1. The van der Waals surface area contributed by atoms with Crippen LogP contribution in [0.5, 0.6) is 5.75 Å². The van der Waals surface area contributed by atoms with E-state index in [0.717, 1.165) is 25.0 Å². The first-order valence-electron chi connectivity index (χ1n) is 7.68. The lowest BCUT2D eigenvalue weighted by molar-refractivity contribution is 0.0600. The second-order valence-corrected chi connectivity index (χ2v) is 5.92. The highest BCUT2D eigenvalue weighted by Crippen LogP contribution is 2.32. The Morgan fingerprint density at radius 2 is 1.75 bits per heavy atom. The van der Waals surface area contributed by atoms with Crippen molar-refractivity contribution in [3.05, 3.63) is 65.2 Å². The Morgan fingerprint density at radius 1 is 1.12 bits per heavy atom. The van der Waals surface area contributed by atoms with E-state index in [9.17, 15) is 23.8 Å². The normalized spacial score (nSPS) is 15.1. The number of hydrogen-bond donors (Lipinski definition) is 2. The van der Waals surface area contributed by atoms with Crippen molar-refractivity contribution in [2.24, 2.45) is 0 Å². The van der Waals surface area contributed by atoms with Crippen LogP contribution < -0.4 is 0 Å². The van der Waals surface area contributed by atoms with Crippen LogP contribution in [0.15, 0.2) is 42.5 Å². The maximum Gasteiger partial charge on any atom is 0.257 e. The number of carbonyl (C=O) groups is 1. The molecule has 1 saturated carbocycles. The lowest BCUT2D eigenvalue weighted by Crippen LogP contribution is -2.36. The summed E-state index contributed by atoms with van der Waals surface area (Å²) < 4.78 is 26.1. The standard InChI is InChI=1S/C18H17F2NO3/c19-12-3-1-11(2-4-12)17(23)10-21(14-6-7-14)18(24)15-8-5-13(20)9-16(15)22/h1-5,8-9,14,17,22-23H,6-7,10H2. The van der Waals surface area contributed by atoms with Crippen molar-refractivity contribution in [3.63, 3.8) is 0 Å². The minimum atomic E-state index is -0.974. The van der Waals surface area contributed by atoms with E-state index in [1.54, 1.807) is 0 Å². The van der Waals surface area contributed by atoms with Crippen molar-refractivity contribution in [2.75, 3.05) is 6.54 Å². The topological polar surface area (TPSA) is 60.8 Å². The SMILES string of the molecule is O=C(c1ccc(F)cc1O)N(CC(O)c1ccc(F)cc1)C1CC1. The van der Waals surface area contributed by atoms with E-state index in [-0.39, 0.29) is 18.2 Å². The van der Waals surface area contributed by atoms with Gasteiger partial charge < -0.3 is 15.1 Å². The van der Waals surface area contributed by atoms with E-state index < -0.39 is 29.4 Å². The molecule has 6 heteroatoms. The van der Waals surface area contributed by atoms with Crippen molar-refractivity contribution in [1.82, 2.24) is 4.90 Å². The number of aromatic hydroxyl groups is 1. The van der Waals surface area contributed by atoms with E-state index in [1.165, 1.54) is 35.2 Å². The van der Waals surface area contributed by atoms with Gasteiger partial charge in [-0.25, -0.2) is 8.78 Å². The monoisotopic (exact) mass is 333 g/mol. The minimum absolute atomic E-state index is 0.00499. The quantitative estimate of drug-likeness (QED) is 0.884. The zero-order valence-electron chi connectivity index (χ0n) is 12.8.